The first-order valence-electron chi connectivity index (χ1n) is 10.9. The molecule has 1 fully saturated rings. The number of para-hydroxylation sites is 1. The fraction of sp³-hybridized carbons (Fsp3) is 0.682. The Morgan fingerprint density at radius 1 is 0.966 bits per heavy atom. The van der Waals surface area contributed by atoms with Gasteiger partial charge < -0.3 is 20.3 Å². The van der Waals surface area contributed by atoms with Crippen molar-refractivity contribution in [2.24, 2.45) is 4.99 Å². The van der Waals surface area contributed by atoms with Crippen LogP contribution >= 0.6 is 24.0 Å². The molecule has 1 aliphatic rings. The quantitative estimate of drug-likeness (QED) is 0.193. The van der Waals surface area contributed by atoms with E-state index in [0.29, 0.717) is 0 Å². The van der Waals surface area contributed by atoms with Gasteiger partial charge in [0.05, 0.1) is 0 Å². The Morgan fingerprint density at radius 3 is 2.24 bits per heavy atom. The largest absolute Gasteiger partial charge is 0.382 e. The highest BCUT2D eigenvalue weighted by atomic mass is 127. The van der Waals surface area contributed by atoms with Crippen LogP contribution in [0.5, 0.6) is 0 Å². The highest BCUT2D eigenvalue weighted by molar-refractivity contribution is 14.0. The van der Waals surface area contributed by atoms with Gasteiger partial charge in [-0.25, -0.2) is 0 Å². The standard InChI is InChI=1S/C22H39N5O.HI/c1-3-28-20-10-8-14-25-22(23-2)24-13-7-9-15-26-16-18-27(19-17-26)21-11-5-4-6-12-21;/h4-6,11-12H,3,7-10,13-20H2,1-2H3,(H2,23,24,25);1H. The molecule has 1 saturated heterocycles. The topological polar surface area (TPSA) is 52.1 Å². The summed E-state index contributed by atoms with van der Waals surface area (Å²) in [6.07, 6.45) is 4.60. The summed E-state index contributed by atoms with van der Waals surface area (Å²) in [6, 6.07) is 10.7. The molecule has 0 atom stereocenters. The smallest absolute Gasteiger partial charge is 0.190 e. The Bertz CT molecular complexity index is 535. The molecule has 0 spiro atoms. The molecule has 7 heteroatoms. The zero-order valence-corrected chi connectivity index (χ0v) is 20.6. The summed E-state index contributed by atoms with van der Waals surface area (Å²) in [4.78, 5) is 9.37. The summed E-state index contributed by atoms with van der Waals surface area (Å²) in [6.45, 7) is 11.4. The predicted molar refractivity (Wildman–Crippen MR) is 135 cm³/mol. The molecule has 29 heavy (non-hydrogen) atoms. The number of ether oxygens (including phenoxy) is 1. The van der Waals surface area contributed by atoms with Gasteiger partial charge in [0, 0.05) is 65.2 Å². The second-order valence-corrected chi connectivity index (χ2v) is 7.20. The van der Waals surface area contributed by atoms with E-state index in [2.05, 4.69) is 55.8 Å². The summed E-state index contributed by atoms with van der Waals surface area (Å²) < 4.78 is 5.36. The summed E-state index contributed by atoms with van der Waals surface area (Å²) >= 11 is 0. The Kier molecular flexibility index (Phi) is 15.0. The van der Waals surface area contributed by atoms with Gasteiger partial charge in [-0.15, -0.1) is 24.0 Å². The predicted octanol–water partition coefficient (Wildman–Crippen LogP) is 3.19. The van der Waals surface area contributed by atoms with Gasteiger partial charge in [-0.3, -0.25) is 9.89 Å². The molecule has 0 radical (unpaired) electrons. The van der Waals surface area contributed by atoms with Gasteiger partial charge in [0.1, 0.15) is 0 Å². The van der Waals surface area contributed by atoms with E-state index >= 15 is 0 Å². The second-order valence-electron chi connectivity index (χ2n) is 7.20. The van der Waals surface area contributed by atoms with Crippen molar-refractivity contribution in [3.05, 3.63) is 30.3 Å². The number of anilines is 1. The molecule has 0 saturated carbocycles. The Hall–Kier alpha value is -1.06. The van der Waals surface area contributed by atoms with Gasteiger partial charge in [-0.2, -0.15) is 0 Å². The third-order valence-electron chi connectivity index (χ3n) is 5.12. The van der Waals surface area contributed by atoms with Gasteiger partial charge >= 0.3 is 0 Å². The number of halogens is 1. The van der Waals surface area contributed by atoms with E-state index in [1.54, 1.807) is 0 Å². The lowest BCUT2D eigenvalue weighted by atomic mass is 10.2. The third kappa shape index (κ3) is 11.1. The van der Waals surface area contributed by atoms with Gasteiger partial charge in [-0.05, 0) is 51.3 Å². The zero-order chi connectivity index (χ0) is 19.9. The number of hydrogen-bond acceptors (Lipinski definition) is 4. The SMILES string of the molecule is CCOCCCCNC(=NC)NCCCCN1CCN(c2ccccc2)CC1.I. The number of unbranched alkanes of at least 4 members (excludes halogenated alkanes) is 2. The molecule has 0 unspecified atom stereocenters. The summed E-state index contributed by atoms with van der Waals surface area (Å²) in [5, 5.41) is 6.79. The molecule has 2 rings (SSSR count). The minimum Gasteiger partial charge on any atom is -0.382 e. The van der Waals surface area contributed by atoms with Crippen molar-refractivity contribution in [1.82, 2.24) is 15.5 Å². The van der Waals surface area contributed by atoms with Crippen LogP contribution in [0.25, 0.3) is 0 Å². The van der Waals surface area contributed by atoms with Crippen molar-refractivity contribution in [2.45, 2.75) is 32.6 Å². The highest BCUT2D eigenvalue weighted by Gasteiger charge is 2.16. The fourth-order valence-corrected chi connectivity index (χ4v) is 3.44. The minimum atomic E-state index is 0. The van der Waals surface area contributed by atoms with Crippen LogP contribution in [0.2, 0.25) is 0 Å². The molecule has 0 aliphatic carbocycles. The number of benzene rings is 1. The van der Waals surface area contributed by atoms with E-state index in [-0.39, 0.29) is 24.0 Å². The molecule has 1 aliphatic heterocycles. The summed E-state index contributed by atoms with van der Waals surface area (Å²) in [5.74, 6) is 0.910. The molecule has 166 valence electrons. The van der Waals surface area contributed by atoms with Gasteiger partial charge in [0.2, 0.25) is 0 Å². The number of rotatable bonds is 12. The maximum atomic E-state index is 5.36. The number of piperazine rings is 1. The normalized spacial score (nSPS) is 15.1. The molecule has 6 nitrogen and oxygen atoms in total. The Morgan fingerprint density at radius 2 is 1.62 bits per heavy atom. The number of hydrogen-bond donors (Lipinski definition) is 2. The van der Waals surface area contributed by atoms with Crippen LogP contribution in [0.4, 0.5) is 5.69 Å². The molecule has 0 amide bonds. The monoisotopic (exact) mass is 517 g/mol. The zero-order valence-electron chi connectivity index (χ0n) is 18.2. The number of nitrogens with zero attached hydrogens (tertiary/aromatic N) is 3. The molecule has 0 bridgehead atoms. The van der Waals surface area contributed by atoms with E-state index in [9.17, 15) is 0 Å². The number of aliphatic imine (C=N–C) groups is 1. The average molecular weight is 518 g/mol. The maximum absolute atomic E-state index is 5.36. The number of nitrogens with one attached hydrogen (secondary N) is 2. The van der Waals surface area contributed by atoms with Crippen molar-refractivity contribution in [3.8, 4) is 0 Å². The van der Waals surface area contributed by atoms with Gasteiger partial charge in [0.25, 0.3) is 0 Å². The molecule has 1 heterocycles. The highest BCUT2D eigenvalue weighted by Crippen LogP contribution is 2.15. The molecular weight excluding hydrogens is 477 g/mol. The first-order chi connectivity index (χ1) is 13.8. The molecule has 1 aromatic rings. The summed E-state index contributed by atoms with van der Waals surface area (Å²) in [7, 11) is 1.84. The van der Waals surface area contributed by atoms with Crippen molar-refractivity contribution in [3.63, 3.8) is 0 Å². The van der Waals surface area contributed by atoms with E-state index in [0.717, 1.165) is 71.3 Å². The second kappa shape index (κ2) is 16.7. The van der Waals surface area contributed by atoms with Crippen molar-refractivity contribution in [2.75, 3.05) is 71.0 Å². The van der Waals surface area contributed by atoms with Crippen LogP contribution in [0.1, 0.15) is 32.6 Å². The van der Waals surface area contributed by atoms with Crippen LogP contribution in [-0.4, -0.2) is 76.9 Å². The van der Waals surface area contributed by atoms with E-state index < -0.39 is 0 Å². The first-order valence-corrected chi connectivity index (χ1v) is 10.9. The minimum absolute atomic E-state index is 0. The van der Waals surface area contributed by atoms with Crippen molar-refractivity contribution >= 4 is 35.6 Å². The lowest BCUT2D eigenvalue weighted by molar-refractivity contribution is 0.143. The van der Waals surface area contributed by atoms with E-state index in [4.69, 9.17) is 4.74 Å². The van der Waals surface area contributed by atoms with Crippen LogP contribution in [-0.2, 0) is 4.74 Å². The summed E-state index contributed by atoms with van der Waals surface area (Å²) in [5.41, 5.74) is 1.35. The van der Waals surface area contributed by atoms with Gasteiger partial charge in [0.15, 0.2) is 5.96 Å². The average Bonchev–Trinajstić information content (AvgIpc) is 2.75. The maximum Gasteiger partial charge on any atom is 0.190 e. The molecule has 1 aromatic carbocycles. The van der Waals surface area contributed by atoms with Crippen LogP contribution in [0.15, 0.2) is 35.3 Å². The lowest BCUT2D eigenvalue weighted by Gasteiger charge is -2.36. The van der Waals surface area contributed by atoms with E-state index in [1.807, 2.05) is 14.0 Å². The van der Waals surface area contributed by atoms with Crippen LogP contribution in [0, 0.1) is 0 Å². The first kappa shape index (κ1) is 26.0. The van der Waals surface area contributed by atoms with Crippen LogP contribution in [0.3, 0.4) is 0 Å². The Balaban J connectivity index is 0.00000420. The molecular formula is C22H40IN5O. The van der Waals surface area contributed by atoms with Crippen molar-refractivity contribution < 1.29 is 4.74 Å². The molecule has 2 N–H and O–H groups in total. The Labute approximate surface area is 194 Å². The van der Waals surface area contributed by atoms with E-state index in [1.165, 1.54) is 25.1 Å². The van der Waals surface area contributed by atoms with Gasteiger partial charge in [-0.1, -0.05) is 18.2 Å². The number of guanidine groups is 1. The van der Waals surface area contributed by atoms with Crippen LogP contribution < -0.4 is 15.5 Å². The molecule has 0 aromatic heterocycles. The van der Waals surface area contributed by atoms with Crippen molar-refractivity contribution in [1.29, 1.82) is 0 Å². The lowest BCUT2D eigenvalue weighted by Crippen LogP contribution is -2.46. The fourth-order valence-electron chi connectivity index (χ4n) is 3.44. The third-order valence-corrected chi connectivity index (χ3v) is 5.12.